The van der Waals surface area contributed by atoms with Crippen LogP contribution in [-0.4, -0.2) is 34.5 Å². The summed E-state index contributed by atoms with van der Waals surface area (Å²) < 4.78 is 5.58. The number of carbonyl (C=O) groups is 1. The van der Waals surface area contributed by atoms with Crippen LogP contribution in [0.15, 0.2) is 12.2 Å². The summed E-state index contributed by atoms with van der Waals surface area (Å²) in [5.74, 6) is -0.0514. The van der Waals surface area contributed by atoms with Gasteiger partial charge in [0, 0.05) is 11.8 Å². The Balaban J connectivity index is 2.00. The molecule has 4 heteroatoms. The first-order chi connectivity index (χ1) is 8.91. The highest BCUT2D eigenvalue weighted by Crippen LogP contribution is 2.52. The van der Waals surface area contributed by atoms with Crippen LogP contribution >= 0.6 is 0 Å². The van der Waals surface area contributed by atoms with E-state index < -0.39 is 12.2 Å². The van der Waals surface area contributed by atoms with Crippen LogP contribution in [0.25, 0.3) is 0 Å². The van der Waals surface area contributed by atoms with Gasteiger partial charge in [-0.15, -0.1) is 0 Å². The van der Waals surface area contributed by atoms with E-state index in [1.54, 1.807) is 0 Å². The average Bonchev–Trinajstić information content (AvgIpc) is 2.77. The van der Waals surface area contributed by atoms with E-state index in [0.29, 0.717) is 12.8 Å². The lowest BCUT2D eigenvalue weighted by Gasteiger charge is -2.29. The molecule has 0 radical (unpaired) electrons. The lowest BCUT2D eigenvalue weighted by Crippen LogP contribution is -2.33. The summed E-state index contributed by atoms with van der Waals surface area (Å²) in [6.07, 6.45) is 0.0149. The lowest BCUT2D eigenvalue weighted by molar-refractivity contribution is -0.146. The fourth-order valence-corrected chi connectivity index (χ4v) is 4.33. The molecule has 1 saturated heterocycles. The fraction of sp³-hybridized carbons (Fsp3) is 0.800. The molecule has 0 aromatic heterocycles. The second kappa shape index (κ2) is 4.32. The molecule has 3 aliphatic rings. The Kier molecular flexibility index (Phi) is 2.98. The summed E-state index contributed by atoms with van der Waals surface area (Å²) in [7, 11) is 0. The largest absolute Gasteiger partial charge is 0.461 e. The molecule has 2 aliphatic carbocycles. The highest BCUT2D eigenvalue weighted by Gasteiger charge is 2.56. The normalized spacial score (nSPS) is 53.5. The van der Waals surface area contributed by atoms with E-state index in [1.807, 2.05) is 13.8 Å². The quantitative estimate of drug-likeness (QED) is 0.509. The number of rotatable bonds is 0. The highest BCUT2D eigenvalue weighted by atomic mass is 16.6. The standard InChI is InChI=1S/C15H22O4/c1-6-9-4-12(17)8(3)13(9)14-10(5-11(6)16)7(2)15(18)19-14/h7-14,16-17H,1,4-5H2,2-3H3/t7-,8+,9?,10?,11-,12-,13?,14-/m0/s1. The van der Waals surface area contributed by atoms with E-state index in [-0.39, 0.29) is 41.7 Å². The molecule has 0 amide bonds. The Morgan fingerprint density at radius 2 is 1.95 bits per heavy atom. The minimum Gasteiger partial charge on any atom is -0.461 e. The predicted octanol–water partition coefficient (Wildman–Crippen LogP) is 1.12. The fourth-order valence-electron chi connectivity index (χ4n) is 4.33. The van der Waals surface area contributed by atoms with E-state index >= 15 is 0 Å². The maximum absolute atomic E-state index is 11.8. The van der Waals surface area contributed by atoms with Crippen LogP contribution in [-0.2, 0) is 9.53 Å². The van der Waals surface area contributed by atoms with Crippen molar-refractivity contribution in [2.75, 3.05) is 0 Å². The maximum Gasteiger partial charge on any atom is 0.309 e. The summed E-state index contributed by atoms with van der Waals surface area (Å²) in [5, 5.41) is 20.4. The third kappa shape index (κ3) is 1.77. The Bertz CT molecular complexity index is 418. The molecule has 0 spiro atoms. The van der Waals surface area contributed by atoms with Crippen LogP contribution in [0.1, 0.15) is 26.7 Å². The van der Waals surface area contributed by atoms with Gasteiger partial charge >= 0.3 is 5.97 Å². The van der Waals surface area contributed by atoms with Gasteiger partial charge in [-0.25, -0.2) is 0 Å². The van der Waals surface area contributed by atoms with Gasteiger partial charge in [0.1, 0.15) is 6.10 Å². The minimum atomic E-state index is -0.586. The van der Waals surface area contributed by atoms with Crippen LogP contribution in [0.3, 0.4) is 0 Å². The summed E-state index contributed by atoms with van der Waals surface area (Å²) in [6, 6.07) is 0. The van der Waals surface area contributed by atoms with Gasteiger partial charge in [-0.2, -0.15) is 0 Å². The Labute approximate surface area is 113 Å². The van der Waals surface area contributed by atoms with Gasteiger partial charge in [-0.05, 0) is 30.3 Å². The molecular weight excluding hydrogens is 244 g/mol. The van der Waals surface area contributed by atoms with Crippen molar-refractivity contribution in [3.05, 3.63) is 12.2 Å². The van der Waals surface area contributed by atoms with Gasteiger partial charge in [0.15, 0.2) is 0 Å². The zero-order chi connectivity index (χ0) is 13.9. The highest BCUT2D eigenvalue weighted by molar-refractivity contribution is 5.75. The van der Waals surface area contributed by atoms with Gasteiger partial charge < -0.3 is 14.9 Å². The van der Waals surface area contributed by atoms with Crippen LogP contribution in [0.4, 0.5) is 0 Å². The van der Waals surface area contributed by atoms with Crippen molar-refractivity contribution in [3.63, 3.8) is 0 Å². The van der Waals surface area contributed by atoms with Crippen LogP contribution in [0, 0.1) is 29.6 Å². The molecule has 1 aliphatic heterocycles. The van der Waals surface area contributed by atoms with Crippen molar-refractivity contribution in [3.8, 4) is 0 Å². The molecular formula is C15H22O4. The van der Waals surface area contributed by atoms with Crippen molar-refractivity contribution in [2.24, 2.45) is 29.6 Å². The maximum atomic E-state index is 11.8. The Morgan fingerprint density at radius 1 is 1.26 bits per heavy atom. The van der Waals surface area contributed by atoms with Gasteiger partial charge in [-0.3, -0.25) is 4.79 Å². The second-order valence-electron chi connectivity index (χ2n) is 6.53. The molecule has 4 nitrogen and oxygen atoms in total. The van der Waals surface area contributed by atoms with Crippen molar-refractivity contribution >= 4 is 5.97 Å². The summed E-state index contributed by atoms with van der Waals surface area (Å²) in [4.78, 5) is 11.8. The number of aliphatic hydroxyl groups is 2. The second-order valence-corrected chi connectivity index (χ2v) is 6.53. The van der Waals surface area contributed by atoms with Gasteiger partial charge in [0.05, 0.1) is 18.1 Å². The van der Waals surface area contributed by atoms with E-state index in [1.165, 1.54) is 0 Å². The number of aliphatic hydroxyl groups excluding tert-OH is 2. The molecule has 2 N–H and O–H groups in total. The molecule has 0 aromatic rings. The van der Waals surface area contributed by atoms with Crippen molar-refractivity contribution < 1.29 is 19.7 Å². The van der Waals surface area contributed by atoms with E-state index in [0.717, 1.165) is 5.57 Å². The van der Waals surface area contributed by atoms with E-state index in [2.05, 4.69) is 6.58 Å². The number of hydrogen-bond donors (Lipinski definition) is 2. The molecule has 106 valence electrons. The predicted molar refractivity (Wildman–Crippen MR) is 69.1 cm³/mol. The smallest absolute Gasteiger partial charge is 0.309 e. The van der Waals surface area contributed by atoms with Crippen molar-refractivity contribution in [2.45, 2.75) is 45.0 Å². The first kappa shape index (κ1) is 13.1. The van der Waals surface area contributed by atoms with E-state index in [4.69, 9.17) is 4.74 Å². The number of esters is 1. The summed E-state index contributed by atoms with van der Waals surface area (Å²) >= 11 is 0. The van der Waals surface area contributed by atoms with Gasteiger partial charge in [0.25, 0.3) is 0 Å². The number of carbonyl (C=O) groups excluding carboxylic acids is 1. The van der Waals surface area contributed by atoms with E-state index in [9.17, 15) is 15.0 Å². The third-order valence-electron chi connectivity index (χ3n) is 5.64. The first-order valence-electron chi connectivity index (χ1n) is 7.17. The molecule has 3 unspecified atom stereocenters. The zero-order valence-corrected chi connectivity index (χ0v) is 11.5. The molecule has 0 aromatic carbocycles. The molecule has 19 heavy (non-hydrogen) atoms. The average molecular weight is 266 g/mol. The van der Waals surface area contributed by atoms with Crippen LogP contribution < -0.4 is 0 Å². The summed E-state index contributed by atoms with van der Waals surface area (Å²) in [6.45, 7) is 7.92. The first-order valence-corrected chi connectivity index (χ1v) is 7.17. The molecule has 0 bridgehead atoms. The monoisotopic (exact) mass is 266 g/mol. The topological polar surface area (TPSA) is 66.8 Å². The number of ether oxygens (including phenoxy) is 1. The van der Waals surface area contributed by atoms with Crippen molar-refractivity contribution in [1.82, 2.24) is 0 Å². The SMILES string of the molecule is C=C1C2C[C@H](O)[C@@H](C)C2[C@H]2OC(=O)[C@@H](C)C2C[C@@H]1O. The van der Waals surface area contributed by atoms with Crippen LogP contribution in [0.5, 0.6) is 0 Å². The van der Waals surface area contributed by atoms with Crippen molar-refractivity contribution in [1.29, 1.82) is 0 Å². The van der Waals surface area contributed by atoms with Crippen LogP contribution in [0.2, 0.25) is 0 Å². The Hall–Kier alpha value is -0.870. The van der Waals surface area contributed by atoms with Gasteiger partial charge in [0.2, 0.25) is 0 Å². The molecule has 8 atom stereocenters. The zero-order valence-electron chi connectivity index (χ0n) is 11.5. The number of fused-ring (bicyclic) bond motifs is 3. The minimum absolute atomic E-state index is 0.0435. The molecule has 3 rings (SSSR count). The Morgan fingerprint density at radius 3 is 2.63 bits per heavy atom. The number of hydrogen-bond acceptors (Lipinski definition) is 4. The third-order valence-corrected chi connectivity index (χ3v) is 5.64. The van der Waals surface area contributed by atoms with Gasteiger partial charge in [-0.1, -0.05) is 20.4 Å². The summed E-state index contributed by atoms with van der Waals surface area (Å²) in [5.41, 5.74) is 0.811. The molecule has 1 heterocycles. The lowest BCUT2D eigenvalue weighted by atomic mass is 9.78. The molecule has 3 fully saturated rings. The molecule has 2 saturated carbocycles.